The summed E-state index contributed by atoms with van der Waals surface area (Å²) in [7, 11) is 1.57. The third-order valence-corrected chi connectivity index (χ3v) is 4.89. The molecular weight excluding hydrogens is 378 g/mol. The van der Waals surface area contributed by atoms with Crippen molar-refractivity contribution in [1.82, 2.24) is 20.1 Å². The van der Waals surface area contributed by atoms with Gasteiger partial charge in [0.2, 0.25) is 0 Å². The highest BCUT2D eigenvalue weighted by Crippen LogP contribution is 2.32. The van der Waals surface area contributed by atoms with Crippen LogP contribution in [0.5, 0.6) is 0 Å². The van der Waals surface area contributed by atoms with Gasteiger partial charge in [-0.15, -0.1) is 0 Å². The normalized spacial score (nSPS) is 11.6. The van der Waals surface area contributed by atoms with E-state index in [1.807, 2.05) is 26.8 Å². The number of nitrogens with one attached hydrogen (secondary N) is 2. The van der Waals surface area contributed by atoms with Gasteiger partial charge in [-0.3, -0.25) is 14.9 Å². The second kappa shape index (κ2) is 8.07. The number of thiazole rings is 1. The Morgan fingerprint density at radius 1 is 1.18 bits per heavy atom. The monoisotopic (exact) mass is 401 g/mol. The number of carbonyl (C=O) groups is 2. The summed E-state index contributed by atoms with van der Waals surface area (Å²) in [6.07, 6.45) is 0. The van der Waals surface area contributed by atoms with Gasteiger partial charge in [-0.05, 0) is 32.9 Å². The van der Waals surface area contributed by atoms with E-state index in [-0.39, 0.29) is 17.4 Å². The third kappa shape index (κ3) is 4.20. The summed E-state index contributed by atoms with van der Waals surface area (Å²) in [6, 6.07) is 8.91. The van der Waals surface area contributed by atoms with Crippen molar-refractivity contribution in [2.75, 3.05) is 25.6 Å². The van der Waals surface area contributed by atoms with Gasteiger partial charge in [-0.25, -0.2) is 4.68 Å². The first-order chi connectivity index (χ1) is 13.3. The number of nitrogens with zero attached hydrogens (tertiary/aromatic N) is 3. The van der Waals surface area contributed by atoms with Crippen molar-refractivity contribution in [3.8, 4) is 0 Å². The molecule has 0 fully saturated rings. The Kier molecular flexibility index (Phi) is 5.76. The molecule has 148 valence electrons. The van der Waals surface area contributed by atoms with Crippen molar-refractivity contribution in [2.24, 2.45) is 0 Å². The number of hydrogen-bond acceptors (Lipinski definition) is 6. The van der Waals surface area contributed by atoms with E-state index in [0.717, 1.165) is 0 Å². The van der Waals surface area contributed by atoms with E-state index in [4.69, 9.17) is 4.74 Å². The molecule has 1 aromatic carbocycles. The molecular formula is C19H23N5O3S. The molecule has 0 aliphatic carbocycles. The molecule has 0 radical (unpaired) electrons. The van der Waals surface area contributed by atoms with Crippen LogP contribution in [0.25, 0.3) is 10.3 Å². The first-order valence-electron chi connectivity index (χ1n) is 8.85. The van der Waals surface area contributed by atoms with E-state index in [2.05, 4.69) is 20.7 Å². The molecule has 0 spiro atoms. The van der Waals surface area contributed by atoms with Gasteiger partial charge < -0.3 is 10.1 Å². The largest absolute Gasteiger partial charge is 0.383 e. The van der Waals surface area contributed by atoms with Crippen LogP contribution in [-0.4, -0.2) is 46.8 Å². The van der Waals surface area contributed by atoms with E-state index >= 15 is 0 Å². The number of anilines is 1. The van der Waals surface area contributed by atoms with Gasteiger partial charge in [0.1, 0.15) is 4.70 Å². The van der Waals surface area contributed by atoms with Crippen LogP contribution in [0.3, 0.4) is 0 Å². The molecule has 0 atom stereocenters. The molecule has 3 rings (SSSR count). The topological polar surface area (TPSA) is 98.1 Å². The maximum absolute atomic E-state index is 12.6. The minimum absolute atomic E-state index is 0.252. The summed E-state index contributed by atoms with van der Waals surface area (Å²) < 4.78 is 7.31. The molecule has 0 bridgehead atoms. The molecule has 0 saturated carbocycles. The molecule has 0 aliphatic rings. The van der Waals surface area contributed by atoms with Gasteiger partial charge in [0.05, 0.1) is 12.1 Å². The smallest absolute Gasteiger partial charge is 0.273 e. The fourth-order valence-electron chi connectivity index (χ4n) is 2.58. The van der Waals surface area contributed by atoms with Crippen LogP contribution >= 0.6 is 11.3 Å². The molecule has 28 heavy (non-hydrogen) atoms. The Hall–Kier alpha value is -2.78. The number of ether oxygens (including phenoxy) is 1. The van der Waals surface area contributed by atoms with Crippen molar-refractivity contribution in [2.45, 2.75) is 26.3 Å². The number of methoxy groups -OCH3 is 1. The van der Waals surface area contributed by atoms with Gasteiger partial charge >= 0.3 is 0 Å². The number of carbonyl (C=O) groups excluding carboxylic acids is 2. The number of amides is 2. The van der Waals surface area contributed by atoms with Crippen LogP contribution in [0.15, 0.2) is 30.3 Å². The van der Waals surface area contributed by atoms with Crippen molar-refractivity contribution in [1.29, 1.82) is 0 Å². The number of aromatic nitrogens is 3. The Morgan fingerprint density at radius 2 is 1.89 bits per heavy atom. The van der Waals surface area contributed by atoms with Gasteiger partial charge in [0.25, 0.3) is 11.8 Å². The van der Waals surface area contributed by atoms with E-state index in [9.17, 15) is 9.59 Å². The van der Waals surface area contributed by atoms with Crippen molar-refractivity contribution >= 4 is 38.6 Å². The molecule has 0 aliphatic heterocycles. The lowest BCUT2D eigenvalue weighted by atomic mass is 10.1. The molecule has 2 N–H and O–H groups in total. The standard InChI is InChI=1S/C19H23N5O3S/c1-19(2,3)24-15-14(13(23-24)17(26)20-10-11-27-4)28-18(21-15)22-16(25)12-8-6-5-7-9-12/h5-9H,10-11H2,1-4H3,(H,20,26)(H,21,22,25). The van der Waals surface area contributed by atoms with Crippen molar-refractivity contribution in [3.63, 3.8) is 0 Å². The summed E-state index contributed by atoms with van der Waals surface area (Å²) in [4.78, 5) is 29.5. The predicted octanol–water partition coefficient (Wildman–Crippen LogP) is 2.88. The predicted molar refractivity (Wildman–Crippen MR) is 109 cm³/mol. The van der Waals surface area contributed by atoms with Gasteiger partial charge in [-0.2, -0.15) is 10.1 Å². The highest BCUT2D eigenvalue weighted by molar-refractivity contribution is 7.22. The highest BCUT2D eigenvalue weighted by atomic mass is 32.1. The van der Waals surface area contributed by atoms with Crippen molar-refractivity contribution in [3.05, 3.63) is 41.6 Å². The van der Waals surface area contributed by atoms with E-state index in [1.54, 1.807) is 36.1 Å². The van der Waals surface area contributed by atoms with Crippen LogP contribution in [0, 0.1) is 0 Å². The average Bonchev–Trinajstić information content (AvgIpc) is 3.20. The zero-order valence-electron chi connectivity index (χ0n) is 16.3. The molecule has 8 nitrogen and oxygen atoms in total. The molecule has 0 unspecified atom stereocenters. The third-order valence-electron chi connectivity index (χ3n) is 3.92. The lowest BCUT2D eigenvalue weighted by Crippen LogP contribution is -2.29. The van der Waals surface area contributed by atoms with E-state index < -0.39 is 0 Å². The summed E-state index contributed by atoms with van der Waals surface area (Å²) >= 11 is 1.23. The fraction of sp³-hybridized carbons (Fsp3) is 0.368. The maximum atomic E-state index is 12.6. The fourth-order valence-corrected chi connectivity index (χ4v) is 3.50. The molecule has 2 aromatic heterocycles. The maximum Gasteiger partial charge on any atom is 0.273 e. The summed E-state index contributed by atoms with van der Waals surface area (Å²) in [5, 5.41) is 10.5. The number of hydrogen-bond donors (Lipinski definition) is 2. The lowest BCUT2D eigenvalue weighted by Gasteiger charge is -2.19. The summed E-state index contributed by atoms with van der Waals surface area (Å²) in [6.45, 7) is 6.74. The molecule has 2 heterocycles. The van der Waals surface area contributed by atoms with Crippen LogP contribution < -0.4 is 10.6 Å². The Balaban J connectivity index is 1.94. The average molecular weight is 401 g/mol. The summed E-state index contributed by atoms with van der Waals surface area (Å²) in [5.41, 5.74) is 1.02. The van der Waals surface area contributed by atoms with Crippen LogP contribution in [0.4, 0.5) is 5.13 Å². The zero-order valence-corrected chi connectivity index (χ0v) is 17.1. The Bertz CT molecular complexity index is 988. The van der Waals surface area contributed by atoms with E-state index in [0.29, 0.717) is 39.9 Å². The summed E-state index contributed by atoms with van der Waals surface area (Å²) in [5.74, 6) is -0.548. The highest BCUT2D eigenvalue weighted by Gasteiger charge is 2.27. The number of rotatable bonds is 6. The van der Waals surface area contributed by atoms with Crippen LogP contribution in [-0.2, 0) is 10.3 Å². The molecule has 3 aromatic rings. The van der Waals surface area contributed by atoms with Gasteiger partial charge in [0.15, 0.2) is 16.5 Å². The minimum atomic E-state index is -0.377. The van der Waals surface area contributed by atoms with E-state index in [1.165, 1.54) is 11.3 Å². The van der Waals surface area contributed by atoms with Crippen molar-refractivity contribution < 1.29 is 14.3 Å². The lowest BCUT2D eigenvalue weighted by molar-refractivity contribution is 0.0931. The van der Waals surface area contributed by atoms with Crippen LogP contribution in [0.2, 0.25) is 0 Å². The quantitative estimate of drug-likeness (QED) is 0.619. The molecule has 9 heteroatoms. The molecule has 0 saturated heterocycles. The first kappa shape index (κ1) is 20.0. The van der Waals surface area contributed by atoms with Gasteiger partial charge in [0, 0.05) is 19.2 Å². The SMILES string of the molecule is COCCNC(=O)c1nn(C(C)(C)C)c2nc(NC(=O)c3ccccc3)sc12. The number of fused-ring (bicyclic) bond motifs is 1. The Labute approximate surface area is 166 Å². The second-order valence-corrected chi connectivity index (χ2v) is 8.17. The van der Waals surface area contributed by atoms with Crippen LogP contribution in [0.1, 0.15) is 41.6 Å². The molecule has 2 amide bonds. The van der Waals surface area contributed by atoms with Gasteiger partial charge in [-0.1, -0.05) is 29.5 Å². The Morgan fingerprint density at radius 3 is 2.54 bits per heavy atom. The number of benzene rings is 1. The zero-order chi connectivity index (χ0) is 20.3. The minimum Gasteiger partial charge on any atom is -0.383 e. The second-order valence-electron chi connectivity index (χ2n) is 7.17. The first-order valence-corrected chi connectivity index (χ1v) is 9.66.